The van der Waals surface area contributed by atoms with Gasteiger partial charge in [-0.15, -0.1) is 10.2 Å². The maximum Gasteiger partial charge on any atom is 0.246 e. The molecule has 0 radical (unpaired) electrons. The van der Waals surface area contributed by atoms with Gasteiger partial charge >= 0.3 is 0 Å². The lowest BCUT2D eigenvalue weighted by Gasteiger charge is -2.53. The molecule has 2 aliphatic carbocycles. The first-order valence-electron chi connectivity index (χ1n) is 24.3. The van der Waals surface area contributed by atoms with Gasteiger partial charge in [0.25, 0.3) is 0 Å². The van der Waals surface area contributed by atoms with Crippen molar-refractivity contribution >= 4 is 51.9 Å². The van der Waals surface area contributed by atoms with E-state index in [2.05, 4.69) is 156 Å². The molecule has 4 fully saturated rings. The Labute approximate surface area is 429 Å². The Bertz CT molecular complexity index is 2970. The highest BCUT2D eigenvalue weighted by Crippen LogP contribution is 2.46. The number of piperidine rings is 2. The molecular weight excluding hydrogens is 954 g/mol. The lowest BCUT2D eigenvalue weighted by atomic mass is 9.77. The second-order valence-corrected chi connectivity index (χ2v) is 22.2. The Morgan fingerprint density at radius 3 is 1.52 bits per heavy atom. The summed E-state index contributed by atoms with van der Waals surface area (Å²) in [4.78, 5) is 28.8. The summed E-state index contributed by atoms with van der Waals surface area (Å²) in [6, 6.07) is 6.66. The normalized spacial score (nSPS) is 19.3. The molecule has 73 heavy (non-hydrogen) atoms. The van der Waals surface area contributed by atoms with Gasteiger partial charge in [0.1, 0.15) is 35.9 Å². The van der Waals surface area contributed by atoms with Crippen LogP contribution in [0.4, 0.5) is 49.1 Å². The van der Waals surface area contributed by atoms with Gasteiger partial charge in [0.05, 0.1) is 35.9 Å². The van der Waals surface area contributed by atoms with E-state index in [4.69, 9.17) is 30.5 Å². The second kappa shape index (κ2) is 20.5. The molecule has 23 heteroatoms. The fourth-order valence-electron chi connectivity index (χ4n) is 10.3. The number of nitrogens with zero attached hydrogens (tertiary/aromatic N) is 16. The predicted octanol–water partition coefficient (Wildman–Crippen LogP) is 9.83. The molecule has 2 aliphatic heterocycles. The number of nitrogens with one attached hydrogen (secondary N) is 3. The number of nitrogen functional groups attached to an aromatic ring is 1. The van der Waals surface area contributed by atoms with Gasteiger partial charge < -0.3 is 21.7 Å². The SMILES string of the molecule is Nc1cc(-n2cnnn2)c(C2CC2)cc1F.[C-]#[N+]c1cnc(Cl)nc1NC1CC(C)(C)N(C)C(C)(C)C1.[C-]#[N+]c1cnc(Nc2cc(-n3cnnn3)c(C3CC3)cc2F)nc1NC1CC(C)(C)N(C)C(C)(C)C1. The molecule has 6 heterocycles. The smallest absolute Gasteiger partial charge is 0.246 e. The third-order valence-corrected chi connectivity index (χ3v) is 15.0. The summed E-state index contributed by atoms with van der Waals surface area (Å²) in [5.74, 6) is 1.12. The first-order valence-corrected chi connectivity index (χ1v) is 24.7. The van der Waals surface area contributed by atoms with Crippen molar-refractivity contribution in [2.24, 2.45) is 0 Å². The first-order chi connectivity index (χ1) is 34.5. The minimum Gasteiger partial charge on any atom is -0.396 e. The van der Waals surface area contributed by atoms with Gasteiger partial charge in [-0.3, -0.25) is 9.80 Å². The molecule has 0 bridgehead atoms. The lowest BCUT2D eigenvalue weighted by molar-refractivity contribution is -0.00801. The number of tetrazole rings is 2. The van der Waals surface area contributed by atoms with Crippen LogP contribution in [0.2, 0.25) is 5.28 Å². The van der Waals surface area contributed by atoms with E-state index in [-0.39, 0.29) is 62.7 Å². The van der Waals surface area contributed by atoms with Crippen molar-refractivity contribution in [2.45, 2.75) is 153 Å². The Morgan fingerprint density at radius 2 is 1.08 bits per heavy atom. The molecule has 10 rings (SSSR count). The third kappa shape index (κ3) is 11.9. The molecule has 5 N–H and O–H groups in total. The largest absolute Gasteiger partial charge is 0.396 e. The van der Waals surface area contributed by atoms with E-state index in [1.807, 2.05) is 0 Å². The number of rotatable bonds is 10. The van der Waals surface area contributed by atoms with Crippen molar-refractivity contribution < 1.29 is 8.78 Å². The number of halogens is 3. The highest BCUT2D eigenvalue weighted by molar-refractivity contribution is 6.28. The lowest BCUT2D eigenvalue weighted by Crippen LogP contribution is -2.61. The van der Waals surface area contributed by atoms with Gasteiger partial charge in [-0.2, -0.15) is 0 Å². The minimum atomic E-state index is -0.403. The minimum absolute atomic E-state index is 0.0230. The van der Waals surface area contributed by atoms with Crippen LogP contribution < -0.4 is 21.7 Å². The van der Waals surface area contributed by atoms with Gasteiger partial charge in [-0.05, 0) is 201 Å². The zero-order valence-electron chi connectivity index (χ0n) is 43.0. The zero-order chi connectivity index (χ0) is 52.6. The van der Waals surface area contributed by atoms with Crippen LogP contribution in [0.25, 0.3) is 21.1 Å². The molecular formula is C50H63ClF2N20. The molecule has 20 nitrogen and oxygen atoms in total. The monoisotopic (exact) mass is 1020 g/mol. The molecule has 0 amide bonds. The fourth-order valence-corrected chi connectivity index (χ4v) is 10.4. The van der Waals surface area contributed by atoms with Crippen LogP contribution >= 0.6 is 11.6 Å². The molecule has 4 aromatic heterocycles. The number of anilines is 5. The van der Waals surface area contributed by atoms with Gasteiger partial charge in [0.15, 0.2) is 0 Å². The number of hydrogen-bond acceptors (Lipinski definition) is 16. The van der Waals surface area contributed by atoms with Crippen molar-refractivity contribution in [3.05, 3.63) is 100 Å². The van der Waals surface area contributed by atoms with Crippen LogP contribution in [0.5, 0.6) is 0 Å². The molecule has 0 spiro atoms. The van der Waals surface area contributed by atoms with Crippen LogP contribution in [0.1, 0.15) is 130 Å². The van der Waals surface area contributed by atoms with Crippen molar-refractivity contribution in [1.29, 1.82) is 0 Å². The molecule has 2 saturated heterocycles. The zero-order valence-corrected chi connectivity index (χ0v) is 43.7. The topological polar surface area (TPSA) is 216 Å². The summed E-state index contributed by atoms with van der Waals surface area (Å²) < 4.78 is 31.6. The molecule has 4 aliphatic rings. The fraction of sp³-hybridized carbons (Fsp3) is 0.520. The van der Waals surface area contributed by atoms with Gasteiger partial charge in [-0.25, -0.2) is 47.8 Å². The number of aromatic nitrogens is 12. The quantitative estimate of drug-likeness (QED) is 0.0570. The van der Waals surface area contributed by atoms with E-state index in [1.165, 1.54) is 46.5 Å². The number of nitrogens with two attached hydrogens (primary N) is 1. The number of hydrogen-bond donors (Lipinski definition) is 4. The molecule has 2 aromatic carbocycles. The molecule has 0 atom stereocenters. The molecule has 384 valence electrons. The highest BCUT2D eigenvalue weighted by atomic mass is 35.5. The van der Waals surface area contributed by atoms with Gasteiger partial charge in [-0.1, -0.05) is 0 Å². The highest BCUT2D eigenvalue weighted by Gasteiger charge is 2.44. The van der Waals surface area contributed by atoms with Crippen molar-refractivity contribution in [3.63, 3.8) is 0 Å². The summed E-state index contributed by atoms with van der Waals surface area (Å²) in [5, 5.41) is 32.4. The van der Waals surface area contributed by atoms with E-state index in [1.54, 1.807) is 12.1 Å². The van der Waals surface area contributed by atoms with Crippen molar-refractivity contribution in [2.75, 3.05) is 35.8 Å². The first kappa shape index (κ1) is 52.3. The average molecular weight is 1020 g/mol. The van der Waals surface area contributed by atoms with E-state index < -0.39 is 5.82 Å². The van der Waals surface area contributed by atoms with Crippen LogP contribution in [0.15, 0.2) is 49.3 Å². The van der Waals surface area contributed by atoms with Crippen LogP contribution in [0, 0.1) is 24.8 Å². The van der Waals surface area contributed by atoms with Crippen LogP contribution in [0.3, 0.4) is 0 Å². The Kier molecular flexibility index (Phi) is 14.7. The summed E-state index contributed by atoms with van der Waals surface area (Å²) in [5.41, 5.74) is 10.0. The van der Waals surface area contributed by atoms with Gasteiger partial charge in [0.2, 0.25) is 22.6 Å². The van der Waals surface area contributed by atoms with E-state index in [0.717, 1.165) is 73.9 Å². The summed E-state index contributed by atoms with van der Waals surface area (Å²) in [7, 11) is 4.32. The molecule has 6 aromatic rings. The third-order valence-electron chi connectivity index (χ3n) is 14.8. The maximum atomic E-state index is 15.1. The van der Waals surface area contributed by atoms with E-state index in [9.17, 15) is 4.39 Å². The summed E-state index contributed by atoms with van der Waals surface area (Å²) in [6.07, 6.45) is 13.9. The van der Waals surface area contributed by atoms with Gasteiger partial charge in [0, 0.05) is 46.6 Å². The number of benzene rings is 2. The Morgan fingerprint density at radius 1 is 0.644 bits per heavy atom. The van der Waals surface area contributed by atoms with Crippen molar-refractivity contribution in [3.8, 4) is 11.4 Å². The second-order valence-electron chi connectivity index (χ2n) is 21.9. The predicted molar refractivity (Wildman–Crippen MR) is 277 cm³/mol. The molecule has 2 saturated carbocycles. The summed E-state index contributed by atoms with van der Waals surface area (Å²) >= 11 is 5.85. The van der Waals surface area contributed by atoms with Crippen LogP contribution in [-0.4, -0.2) is 118 Å². The summed E-state index contributed by atoms with van der Waals surface area (Å²) in [6.45, 7) is 32.7. The maximum absolute atomic E-state index is 15.1. The van der Waals surface area contributed by atoms with E-state index in [0.29, 0.717) is 34.8 Å². The average Bonchev–Trinajstić information content (AvgIpc) is 4.24. The standard InChI is InChI=1S/C25H31FN10.C15H22ClN5.C10H10FN5/c1-24(2)11-16(12-25(3,4)35(24)6)30-22-20(27-5)13-28-23(32-22)31-19-10-21(36-14-29-33-34-36)17(9-18(19)26)15-7-8-15;1-14(2)7-10(8-15(3,4)21(14)6)19-12-11(17-5)9-18-13(16)20-12;11-8-3-7(6-1-2-6)10(4-9(8)12)16-5-13-14-15-16/h9-10,13-16H,7-8,11-12H2,1-4,6H3,(H2,28,30,31,32);9-10H,7-8H2,1-4,6H3,(H,18,19,20);3-6H,1-2,12H2. The van der Waals surface area contributed by atoms with Crippen molar-refractivity contribution in [1.82, 2.24) is 70.2 Å². The van der Waals surface area contributed by atoms with E-state index >= 15 is 4.39 Å². The number of likely N-dealkylation sites (tertiary alicyclic amines) is 2. The Hall–Kier alpha value is -7.01. The Balaban J connectivity index is 0.000000162. The van der Waals surface area contributed by atoms with Crippen LogP contribution in [-0.2, 0) is 0 Å². The molecule has 0 unspecified atom stereocenters.